The SMILES string of the molecule is O=c1oc2ccccc2cc1C1=NN(c2ccccc2)C(c2ccccc2Cl)C1. The van der Waals surface area contributed by atoms with Crippen LogP contribution in [-0.4, -0.2) is 5.71 Å². The van der Waals surface area contributed by atoms with Crippen molar-refractivity contribution in [3.8, 4) is 0 Å². The van der Waals surface area contributed by atoms with Crippen molar-refractivity contribution in [3.05, 3.63) is 111 Å². The lowest BCUT2D eigenvalue weighted by Gasteiger charge is -2.24. The van der Waals surface area contributed by atoms with Gasteiger partial charge in [-0.05, 0) is 35.9 Å². The van der Waals surface area contributed by atoms with Gasteiger partial charge in [0.25, 0.3) is 0 Å². The number of hydrazone groups is 1. The van der Waals surface area contributed by atoms with E-state index < -0.39 is 0 Å². The van der Waals surface area contributed by atoms with E-state index in [0.717, 1.165) is 16.6 Å². The largest absolute Gasteiger partial charge is 0.422 e. The zero-order valence-electron chi connectivity index (χ0n) is 15.5. The number of hydrogen-bond donors (Lipinski definition) is 0. The lowest BCUT2D eigenvalue weighted by Crippen LogP contribution is -2.18. The van der Waals surface area contributed by atoms with Gasteiger partial charge in [0, 0.05) is 16.8 Å². The van der Waals surface area contributed by atoms with Crippen molar-refractivity contribution in [1.29, 1.82) is 0 Å². The van der Waals surface area contributed by atoms with Crippen LogP contribution in [0, 0.1) is 0 Å². The molecule has 2 heterocycles. The molecule has 0 radical (unpaired) electrons. The topological polar surface area (TPSA) is 45.8 Å². The first-order chi connectivity index (χ1) is 14.2. The van der Waals surface area contributed by atoms with Gasteiger partial charge in [-0.1, -0.05) is 66.2 Å². The fourth-order valence-corrected chi connectivity index (χ4v) is 4.00. The normalized spacial score (nSPS) is 16.2. The van der Waals surface area contributed by atoms with Crippen molar-refractivity contribution < 1.29 is 4.42 Å². The monoisotopic (exact) mass is 400 g/mol. The molecular formula is C24H17ClN2O2. The van der Waals surface area contributed by atoms with Crippen LogP contribution in [0.15, 0.2) is 99.2 Å². The summed E-state index contributed by atoms with van der Waals surface area (Å²) >= 11 is 6.50. The maximum Gasteiger partial charge on any atom is 0.345 e. The van der Waals surface area contributed by atoms with E-state index in [0.29, 0.717) is 28.3 Å². The van der Waals surface area contributed by atoms with Crippen LogP contribution in [0.1, 0.15) is 23.6 Å². The molecule has 5 heteroatoms. The molecule has 0 spiro atoms. The highest BCUT2D eigenvalue weighted by molar-refractivity contribution is 6.31. The Kier molecular flexibility index (Phi) is 4.41. The van der Waals surface area contributed by atoms with Crippen LogP contribution in [0.4, 0.5) is 5.69 Å². The molecule has 0 amide bonds. The van der Waals surface area contributed by atoms with Gasteiger partial charge in [0.05, 0.1) is 23.0 Å². The number of para-hydroxylation sites is 2. The standard InChI is InChI=1S/C24H17ClN2O2/c25-20-12-6-5-11-18(20)22-15-21(26-27(22)17-9-2-1-3-10-17)19-14-16-8-4-7-13-23(16)29-24(19)28/h1-14,22H,15H2. The van der Waals surface area contributed by atoms with Crippen molar-refractivity contribution in [3.63, 3.8) is 0 Å². The van der Waals surface area contributed by atoms with Crippen LogP contribution in [0.3, 0.4) is 0 Å². The quantitative estimate of drug-likeness (QED) is 0.408. The highest BCUT2D eigenvalue weighted by Crippen LogP contribution is 2.39. The Hall–Kier alpha value is -3.37. The van der Waals surface area contributed by atoms with E-state index in [2.05, 4.69) is 0 Å². The van der Waals surface area contributed by atoms with Crippen molar-refractivity contribution >= 4 is 34.0 Å². The third-order valence-electron chi connectivity index (χ3n) is 5.15. The fourth-order valence-electron chi connectivity index (χ4n) is 3.74. The summed E-state index contributed by atoms with van der Waals surface area (Å²) in [7, 11) is 0. The summed E-state index contributed by atoms with van der Waals surface area (Å²) in [5, 5.41) is 8.32. The highest BCUT2D eigenvalue weighted by Gasteiger charge is 2.32. The molecule has 0 N–H and O–H groups in total. The smallest absolute Gasteiger partial charge is 0.345 e. The highest BCUT2D eigenvalue weighted by atomic mass is 35.5. The summed E-state index contributed by atoms with van der Waals surface area (Å²) in [6.07, 6.45) is 0.557. The second-order valence-corrected chi connectivity index (χ2v) is 7.36. The maximum atomic E-state index is 12.7. The van der Waals surface area contributed by atoms with Gasteiger partial charge in [0.15, 0.2) is 0 Å². The molecule has 0 saturated heterocycles. The van der Waals surface area contributed by atoms with Crippen LogP contribution in [0.25, 0.3) is 11.0 Å². The number of fused-ring (bicyclic) bond motifs is 1. The lowest BCUT2D eigenvalue weighted by molar-refractivity contribution is 0.559. The zero-order chi connectivity index (χ0) is 19.8. The predicted molar refractivity (Wildman–Crippen MR) is 117 cm³/mol. The van der Waals surface area contributed by atoms with Gasteiger partial charge >= 0.3 is 5.63 Å². The maximum absolute atomic E-state index is 12.7. The fraction of sp³-hybridized carbons (Fsp3) is 0.0833. The van der Waals surface area contributed by atoms with E-state index in [1.807, 2.05) is 83.9 Å². The molecule has 0 bridgehead atoms. The Morgan fingerprint density at radius 3 is 2.48 bits per heavy atom. The van der Waals surface area contributed by atoms with E-state index in [1.54, 1.807) is 6.07 Å². The molecule has 0 saturated carbocycles. The number of anilines is 1. The van der Waals surface area contributed by atoms with Crippen LogP contribution in [0.5, 0.6) is 0 Å². The third kappa shape index (κ3) is 3.22. The van der Waals surface area contributed by atoms with Crippen molar-refractivity contribution in [2.75, 3.05) is 5.01 Å². The van der Waals surface area contributed by atoms with Gasteiger partial charge in [-0.2, -0.15) is 5.10 Å². The zero-order valence-corrected chi connectivity index (χ0v) is 16.2. The number of hydrogen-bond acceptors (Lipinski definition) is 4. The molecular weight excluding hydrogens is 384 g/mol. The summed E-state index contributed by atoms with van der Waals surface area (Å²) in [6.45, 7) is 0. The molecule has 1 aromatic heterocycles. The third-order valence-corrected chi connectivity index (χ3v) is 5.49. The molecule has 0 aliphatic carbocycles. The first-order valence-electron chi connectivity index (χ1n) is 9.40. The number of nitrogens with zero attached hydrogens (tertiary/aromatic N) is 2. The first-order valence-corrected chi connectivity index (χ1v) is 9.78. The van der Waals surface area contributed by atoms with E-state index in [1.165, 1.54) is 0 Å². The summed E-state index contributed by atoms with van der Waals surface area (Å²) < 4.78 is 5.53. The minimum Gasteiger partial charge on any atom is -0.422 e. The van der Waals surface area contributed by atoms with E-state index in [4.69, 9.17) is 21.1 Å². The average molecular weight is 401 g/mol. The summed E-state index contributed by atoms with van der Waals surface area (Å²) in [4.78, 5) is 12.7. The molecule has 3 aromatic carbocycles. The Labute approximate surface area is 172 Å². The molecule has 1 unspecified atom stereocenters. The van der Waals surface area contributed by atoms with Gasteiger partial charge in [0.2, 0.25) is 0 Å². The van der Waals surface area contributed by atoms with E-state index >= 15 is 0 Å². The molecule has 4 aromatic rings. The van der Waals surface area contributed by atoms with Crippen LogP contribution in [0.2, 0.25) is 5.02 Å². The van der Waals surface area contributed by atoms with Gasteiger partial charge in [-0.3, -0.25) is 5.01 Å². The van der Waals surface area contributed by atoms with E-state index in [9.17, 15) is 4.79 Å². The Balaban J connectivity index is 1.64. The van der Waals surface area contributed by atoms with Gasteiger partial charge < -0.3 is 4.42 Å². The second-order valence-electron chi connectivity index (χ2n) is 6.95. The Morgan fingerprint density at radius 2 is 1.66 bits per heavy atom. The molecule has 1 atom stereocenters. The average Bonchev–Trinajstić information content (AvgIpc) is 3.19. The van der Waals surface area contributed by atoms with Gasteiger partial charge in [-0.15, -0.1) is 0 Å². The lowest BCUT2D eigenvalue weighted by atomic mass is 9.98. The molecule has 29 heavy (non-hydrogen) atoms. The van der Waals surface area contributed by atoms with Crippen LogP contribution in [-0.2, 0) is 0 Å². The first kappa shape index (κ1) is 17.7. The van der Waals surface area contributed by atoms with Crippen LogP contribution >= 0.6 is 11.6 Å². The number of rotatable bonds is 3. The molecule has 5 rings (SSSR count). The summed E-state index contributed by atoms with van der Waals surface area (Å²) in [5.74, 6) is 0. The van der Waals surface area contributed by atoms with Gasteiger partial charge in [-0.25, -0.2) is 4.79 Å². The summed E-state index contributed by atoms with van der Waals surface area (Å²) in [5.41, 5.74) is 3.29. The van der Waals surface area contributed by atoms with Crippen LogP contribution < -0.4 is 10.6 Å². The minimum absolute atomic E-state index is 0.105. The van der Waals surface area contributed by atoms with Crippen molar-refractivity contribution in [1.82, 2.24) is 0 Å². The minimum atomic E-state index is -0.379. The number of halogens is 1. The molecule has 0 fully saturated rings. The molecule has 1 aliphatic heterocycles. The van der Waals surface area contributed by atoms with Crippen molar-refractivity contribution in [2.24, 2.45) is 5.10 Å². The predicted octanol–water partition coefficient (Wildman–Crippen LogP) is 5.80. The second kappa shape index (κ2) is 7.22. The number of benzene rings is 3. The molecule has 4 nitrogen and oxygen atoms in total. The molecule has 1 aliphatic rings. The molecule has 142 valence electrons. The van der Waals surface area contributed by atoms with Crippen molar-refractivity contribution in [2.45, 2.75) is 12.5 Å². The van der Waals surface area contributed by atoms with E-state index in [-0.39, 0.29) is 11.7 Å². The Bertz CT molecular complexity index is 1280. The summed E-state index contributed by atoms with van der Waals surface area (Å²) in [6, 6.07) is 26.9. The Morgan fingerprint density at radius 1 is 0.931 bits per heavy atom. The van der Waals surface area contributed by atoms with Gasteiger partial charge in [0.1, 0.15) is 5.58 Å².